The minimum atomic E-state index is -0.702. The molecule has 2 aliphatic rings. The Bertz CT molecular complexity index is 1220. The van der Waals surface area contributed by atoms with E-state index in [1.54, 1.807) is 0 Å². The van der Waals surface area contributed by atoms with E-state index in [0.717, 1.165) is 29.0 Å². The van der Waals surface area contributed by atoms with Crippen LogP contribution in [0.15, 0.2) is 78.7 Å². The molecule has 0 amide bonds. The van der Waals surface area contributed by atoms with Gasteiger partial charge in [0, 0.05) is 42.5 Å². The molecule has 0 radical (unpaired) electrons. The first kappa shape index (κ1) is 21.4. The monoisotopic (exact) mass is 442 g/mol. The Morgan fingerprint density at radius 3 is 2.67 bits per heavy atom. The maximum Gasteiger partial charge on any atom is 0.308 e. The van der Waals surface area contributed by atoms with Gasteiger partial charge in [-0.25, -0.2) is 0 Å². The number of ether oxygens (including phenoxy) is 1. The van der Waals surface area contributed by atoms with Crippen LogP contribution in [0.3, 0.4) is 0 Å². The quantitative estimate of drug-likeness (QED) is 0.504. The number of aliphatic carboxylic acids is 1. The summed E-state index contributed by atoms with van der Waals surface area (Å²) in [6.45, 7) is 6.18. The summed E-state index contributed by atoms with van der Waals surface area (Å²) in [6.07, 6.45) is 9.12. The molecule has 33 heavy (non-hydrogen) atoms. The molecule has 170 valence electrons. The van der Waals surface area contributed by atoms with Gasteiger partial charge in [-0.2, -0.15) is 0 Å². The molecule has 5 heteroatoms. The Balaban J connectivity index is 1.22. The number of hydrogen-bond donors (Lipinski definition) is 1. The molecule has 1 aliphatic heterocycles. The third kappa shape index (κ3) is 4.28. The van der Waals surface area contributed by atoms with Crippen LogP contribution in [-0.4, -0.2) is 27.1 Å². The van der Waals surface area contributed by atoms with Crippen molar-refractivity contribution in [3.05, 3.63) is 89.8 Å². The number of benzene rings is 2. The lowest BCUT2D eigenvalue weighted by molar-refractivity contribution is -0.142. The zero-order valence-electron chi connectivity index (χ0n) is 19.1. The van der Waals surface area contributed by atoms with E-state index in [9.17, 15) is 9.90 Å². The number of rotatable bonds is 7. The van der Waals surface area contributed by atoms with Gasteiger partial charge in [0.05, 0.1) is 5.92 Å². The van der Waals surface area contributed by atoms with Crippen molar-refractivity contribution in [2.24, 2.45) is 11.8 Å². The van der Waals surface area contributed by atoms with Gasteiger partial charge >= 0.3 is 5.97 Å². The summed E-state index contributed by atoms with van der Waals surface area (Å²) in [7, 11) is 0. The predicted octanol–water partition coefficient (Wildman–Crippen LogP) is 5.78. The lowest BCUT2D eigenvalue weighted by Gasteiger charge is -2.23. The van der Waals surface area contributed by atoms with Crippen molar-refractivity contribution in [2.45, 2.75) is 39.5 Å². The molecule has 1 N–H and O–H groups in total. The van der Waals surface area contributed by atoms with Crippen molar-refractivity contribution >= 4 is 16.9 Å². The van der Waals surface area contributed by atoms with E-state index in [2.05, 4.69) is 78.1 Å². The van der Waals surface area contributed by atoms with Crippen LogP contribution in [0, 0.1) is 11.8 Å². The highest BCUT2D eigenvalue weighted by Gasteiger charge is 2.40. The number of carbonyl (C=O) groups is 1. The van der Waals surface area contributed by atoms with Crippen LogP contribution in [0.5, 0.6) is 5.75 Å². The first-order valence-corrected chi connectivity index (χ1v) is 11.7. The van der Waals surface area contributed by atoms with Crippen LogP contribution < -0.4 is 4.74 Å². The van der Waals surface area contributed by atoms with Gasteiger partial charge in [-0.15, -0.1) is 0 Å². The molecular weight excluding hydrogens is 412 g/mol. The molecule has 0 bridgehead atoms. The first-order valence-electron chi connectivity index (χ1n) is 11.7. The van der Waals surface area contributed by atoms with Crippen molar-refractivity contribution in [3.8, 4) is 5.75 Å². The molecule has 1 aromatic heterocycles. The van der Waals surface area contributed by atoms with Gasteiger partial charge in [0.25, 0.3) is 0 Å². The number of aromatic nitrogens is 1. The maximum absolute atomic E-state index is 11.7. The number of carboxylic acids is 1. The molecule has 5 rings (SSSR count). The van der Waals surface area contributed by atoms with Gasteiger partial charge in [0.1, 0.15) is 12.4 Å². The van der Waals surface area contributed by atoms with Crippen LogP contribution in [0.25, 0.3) is 10.9 Å². The van der Waals surface area contributed by atoms with Crippen molar-refractivity contribution in [2.75, 3.05) is 6.54 Å². The second kappa shape index (κ2) is 8.81. The minimum absolute atomic E-state index is 0.0879. The average Bonchev–Trinajstić information content (AvgIpc) is 3.40. The third-order valence-corrected chi connectivity index (χ3v) is 6.80. The molecule has 1 fully saturated rings. The molecule has 0 saturated carbocycles. The summed E-state index contributed by atoms with van der Waals surface area (Å²) in [5, 5.41) is 10.8. The highest BCUT2D eigenvalue weighted by molar-refractivity contribution is 5.81. The molecule has 2 atom stereocenters. The number of likely N-dealkylation sites (tertiary alicyclic amines) is 1. The Hall–Kier alpha value is -3.47. The van der Waals surface area contributed by atoms with Crippen molar-refractivity contribution in [3.63, 3.8) is 0 Å². The van der Waals surface area contributed by atoms with E-state index in [4.69, 9.17) is 4.74 Å². The van der Waals surface area contributed by atoms with Gasteiger partial charge < -0.3 is 19.3 Å². The Labute approximate surface area is 194 Å². The number of allylic oxidation sites excluding steroid dienone is 4. The number of fused-ring (bicyclic) bond motifs is 2. The van der Waals surface area contributed by atoms with Gasteiger partial charge in [-0.05, 0) is 73.2 Å². The highest BCUT2D eigenvalue weighted by atomic mass is 16.5. The summed E-state index contributed by atoms with van der Waals surface area (Å²) in [4.78, 5) is 13.9. The molecular formula is C28H30N2O3. The zero-order valence-corrected chi connectivity index (χ0v) is 19.1. The first-order chi connectivity index (χ1) is 16.0. The topological polar surface area (TPSA) is 54.7 Å². The van der Waals surface area contributed by atoms with Crippen LogP contribution in [0.1, 0.15) is 37.4 Å². The molecule has 2 aromatic carbocycles. The van der Waals surface area contributed by atoms with Gasteiger partial charge in [0.2, 0.25) is 0 Å². The van der Waals surface area contributed by atoms with E-state index >= 15 is 0 Å². The largest absolute Gasteiger partial charge is 0.489 e. The van der Waals surface area contributed by atoms with E-state index in [1.807, 2.05) is 18.2 Å². The fourth-order valence-corrected chi connectivity index (χ4v) is 5.05. The third-order valence-electron chi connectivity index (χ3n) is 6.80. The SMILES string of the molecule is CC(C)n1ccc2cc(COc3ccc(CN4CC(C(=O)O)C5CC=CC=C54)cc3)ccc21. The standard InChI is InChI=1S/C28H30N2O3/c1-19(2)30-14-13-22-15-21(9-12-26(22)30)18-33-23-10-7-20(8-11-23)16-29-17-25(28(31)32)24-5-3-4-6-27(24)29/h3-4,6-15,19,24-25H,5,16-18H2,1-2H3,(H,31,32). The molecule has 0 spiro atoms. The second-order valence-corrected chi connectivity index (χ2v) is 9.33. The summed E-state index contributed by atoms with van der Waals surface area (Å²) < 4.78 is 8.31. The molecule has 1 aliphatic carbocycles. The van der Waals surface area contributed by atoms with Crippen molar-refractivity contribution in [1.82, 2.24) is 9.47 Å². The van der Waals surface area contributed by atoms with Crippen molar-refractivity contribution in [1.29, 1.82) is 0 Å². The number of nitrogens with zero attached hydrogens (tertiary/aromatic N) is 2. The maximum atomic E-state index is 11.7. The number of carboxylic acid groups (broad SMARTS) is 1. The van der Waals surface area contributed by atoms with Crippen LogP contribution in [-0.2, 0) is 17.9 Å². The van der Waals surface area contributed by atoms with Crippen molar-refractivity contribution < 1.29 is 14.6 Å². The average molecular weight is 443 g/mol. The summed E-state index contributed by atoms with van der Waals surface area (Å²) in [6, 6.07) is 17.2. The van der Waals surface area contributed by atoms with Crippen LogP contribution in [0.2, 0.25) is 0 Å². The second-order valence-electron chi connectivity index (χ2n) is 9.33. The van der Waals surface area contributed by atoms with E-state index in [0.29, 0.717) is 25.7 Å². The van der Waals surface area contributed by atoms with Gasteiger partial charge in [0.15, 0.2) is 0 Å². The Morgan fingerprint density at radius 2 is 1.91 bits per heavy atom. The minimum Gasteiger partial charge on any atom is -0.489 e. The molecule has 3 aromatic rings. The van der Waals surface area contributed by atoms with Crippen LogP contribution >= 0.6 is 0 Å². The Kier molecular flexibility index (Phi) is 5.71. The highest BCUT2D eigenvalue weighted by Crippen LogP contribution is 2.39. The predicted molar refractivity (Wildman–Crippen MR) is 130 cm³/mol. The number of hydrogen-bond acceptors (Lipinski definition) is 3. The Morgan fingerprint density at radius 1 is 1.12 bits per heavy atom. The lowest BCUT2D eigenvalue weighted by Crippen LogP contribution is -2.23. The summed E-state index contributed by atoms with van der Waals surface area (Å²) in [5.41, 5.74) is 4.69. The molecule has 2 heterocycles. The normalized spacial score (nSPS) is 19.7. The summed E-state index contributed by atoms with van der Waals surface area (Å²) >= 11 is 0. The lowest BCUT2D eigenvalue weighted by atomic mass is 9.88. The van der Waals surface area contributed by atoms with E-state index in [1.165, 1.54) is 10.9 Å². The molecule has 1 saturated heterocycles. The van der Waals surface area contributed by atoms with E-state index < -0.39 is 5.97 Å². The molecule has 2 unspecified atom stereocenters. The fourth-order valence-electron chi connectivity index (χ4n) is 5.05. The van der Waals surface area contributed by atoms with Gasteiger partial charge in [-0.1, -0.05) is 30.4 Å². The zero-order chi connectivity index (χ0) is 22.9. The molecule has 5 nitrogen and oxygen atoms in total. The van der Waals surface area contributed by atoms with E-state index in [-0.39, 0.29) is 11.8 Å². The fraction of sp³-hybridized carbons (Fsp3) is 0.321. The smallest absolute Gasteiger partial charge is 0.308 e. The summed E-state index contributed by atoms with van der Waals surface area (Å²) in [5.74, 6) is -0.115. The van der Waals surface area contributed by atoms with Crippen LogP contribution in [0.4, 0.5) is 0 Å². The van der Waals surface area contributed by atoms with Gasteiger partial charge in [-0.3, -0.25) is 4.79 Å².